The zero-order valence-electron chi connectivity index (χ0n) is 18.7. The van der Waals surface area contributed by atoms with Crippen LogP contribution in [0.1, 0.15) is 21.8 Å². The summed E-state index contributed by atoms with van der Waals surface area (Å²) in [4.78, 5) is 18.1. The number of rotatable bonds is 4. The van der Waals surface area contributed by atoms with Crippen LogP contribution >= 0.6 is 11.6 Å². The molecule has 0 bridgehead atoms. The Kier molecular flexibility index (Phi) is 4.90. The summed E-state index contributed by atoms with van der Waals surface area (Å²) in [6, 6.07) is 26.3. The number of carbonyl (C=O) groups excluding carboxylic acids is 1. The number of nitrogens with two attached hydrogens (primary N) is 1. The Morgan fingerprint density at radius 1 is 0.914 bits per heavy atom. The maximum Gasteiger partial charge on any atom is 0.231 e. The van der Waals surface area contributed by atoms with Crippen LogP contribution in [0.15, 0.2) is 89.3 Å². The number of nitrogens with zero attached hydrogens (tertiary/aromatic N) is 3. The molecule has 0 fully saturated rings. The second-order valence-electron chi connectivity index (χ2n) is 8.25. The summed E-state index contributed by atoms with van der Waals surface area (Å²) in [6.07, 6.45) is 0. The van der Waals surface area contributed by atoms with Gasteiger partial charge in [0.2, 0.25) is 17.3 Å². The molecule has 0 aliphatic rings. The van der Waals surface area contributed by atoms with Crippen LogP contribution in [0.2, 0.25) is 5.02 Å². The third-order valence-corrected chi connectivity index (χ3v) is 6.30. The second-order valence-corrected chi connectivity index (χ2v) is 8.68. The SMILES string of the molecule is Cc1nn(-c2ccccc2)c2nc3oc(C(=O)c4ccc(Cl)cc4)c(N)c3c(-c3ccccc3)c12. The summed E-state index contributed by atoms with van der Waals surface area (Å²) in [7, 11) is 0. The molecule has 0 amide bonds. The van der Waals surface area contributed by atoms with Crippen molar-refractivity contribution in [1.82, 2.24) is 14.8 Å². The van der Waals surface area contributed by atoms with Gasteiger partial charge in [-0.3, -0.25) is 4.79 Å². The highest BCUT2D eigenvalue weighted by atomic mass is 35.5. The van der Waals surface area contributed by atoms with Crippen molar-refractivity contribution in [2.24, 2.45) is 0 Å². The monoisotopic (exact) mass is 478 g/mol. The molecule has 3 heterocycles. The molecule has 6 aromatic rings. The first-order chi connectivity index (χ1) is 17.0. The van der Waals surface area contributed by atoms with Crippen LogP contribution in [-0.4, -0.2) is 20.5 Å². The van der Waals surface area contributed by atoms with E-state index in [0.717, 1.165) is 27.9 Å². The smallest absolute Gasteiger partial charge is 0.231 e. The lowest BCUT2D eigenvalue weighted by molar-refractivity contribution is 0.101. The van der Waals surface area contributed by atoms with Crippen molar-refractivity contribution < 1.29 is 9.21 Å². The van der Waals surface area contributed by atoms with Gasteiger partial charge in [0, 0.05) is 16.1 Å². The number of para-hydroxylation sites is 1. The minimum absolute atomic E-state index is 0.0523. The van der Waals surface area contributed by atoms with Crippen molar-refractivity contribution in [1.29, 1.82) is 0 Å². The first-order valence-electron chi connectivity index (χ1n) is 11.1. The number of halogens is 1. The number of anilines is 1. The van der Waals surface area contributed by atoms with Crippen LogP contribution < -0.4 is 5.73 Å². The van der Waals surface area contributed by atoms with E-state index in [1.54, 1.807) is 28.9 Å². The molecule has 0 aliphatic heterocycles. The number of pyridine rings is 1. The molecule has 3 aromatic heterocycles. The Morgan fingerprint density at radius 3 is 2.26 bits per heavy atom. The molecular formula is C28H19ClN4O2. The van der Waals surface area contributed by atoms with E-state index in [2.05, 4.69) is 0 Å². The molecular weight excluding hydrogens is 460 g/mol. The van der Waals surface area contributed by atoms with E-state index in [1.165, 1.54) is 0 Å². The number of hydrogen-bond donors (Lipinski definition) is 1. The molecule has 3 aromatic carbocycles. The fourth-order valence-electron chi connectivity index (χ4n) is 4.43. The van der Waals surface area contributed by atoms with Crippen LogP contribution in [0.3, 0.4) is 0 Å². The molecule has 35 heavy (non-hydrogen) atoms. The van der Waals surface area contributed by atoms with Crippen molar-refractivity contribution in [3.63, 3.8) is 0 Å². The van der Waals surface area contributed by atoms with E-state index in [9.17, 15) is 4.79 Å². The topological polar surface area (TPSA) is 86.9 Å². The number of aryl methyl sites for hydroxylation is 1. The molecule has 0 spiro atoms. The number of nitrogen functional groups attached to an aromatic ring is 1. The van der Waals surface area contributed by atoms with Crippen LogP contribution in [0, 0.1) is 6.92 Å². The molecule has 0 radical (unpaired) electrons. The van der Waals surface area contributed by atoms with Crippen molar-refractivity contribution in [2.45, 2.75) is 6.92 Å². The average Bonchev–Trinajstić information content (AvgIpc) is 3.40. The highest BCUT2D eigenvalue weighted by molar-refractivity contribution is 6.30. The van der Waals surface area contributed by atoms with Crippen LogP contribution in [-0.2, 0) is 0 Å². The maximum atomic E-state index is 13.3. The van der Waals surface area contributed by atoms with Crippen molar-refractivity contribution >= 4 is 45.2 Å². The van der Waals surface area contributed by atoms with Crippen molar-refractivity contribution in [2.75, 3.05) is 5.73 Å². The van der Waals surface area contributed by atoms with Crippen LogP contribution in [0.4, 0.5) is 5.69 Å². The largest absolute Gasteiger partial charge is 0.432 e. The molecule has 0 unspecified atom stereocenters. The third kappa shape index (κ3) is 3.38. The first kappa shape index (κ1) is 21.1. The molecule has 170 valence electrons. The fraction of sp³-hybridized carbons (Fsp3) is 0.0357. The lowest BCUT2D eigenvalue weighted by atomic mass is 9.97. The summed E-state index contributed by atoms with van der Waals surface area (Å²) in [5.74, 6) is -0.279. The molecule has 6 nitrogen and oxygen atoms in total. The van der Waals surface area contributed by atoms with E-state index in [0.29, 0.717) is 21.6 Å². The van der Waals surface area contributed by atoms with Gasteiger partial charge in [0.1, 0.15) is 0 Å². The lowest BCUT2D eigenvalue weighted by Gasteiger charge is -2.08. The molecule has 7 heteroatoms. The fourth-order valence-corrected chi connectivity index (χ4v) is 4.55. The minimum atomic E-state index is -0.332. The van der Waals surface area contributed by atoms with Gasteiger partial charge in [0.25, 0.3) is 0 Å². The van der Waals surface area contributed by atoms with Gasteiger partial charge in [0.05, 0.1) is 27.8 Å². The predicted molar refractivity (Wildman–Crippen MR) is 138 cm³/mol. The maximum absolute atomic E-state index is 13.3. The number of ketones is 1. The van der Waals surface area contributed by atoms with Gasteiger partial charge in [0.15, 0.2) is 5.65 Å². The summed E-state index contributed by atoms with van der Waals surface area (Å²) >= 11 is 6.00. The summed E-state index contributed by atoms with van der Waals surface area (Å²) in [5.41, 5.74) is 11.6. The Balaban J connectivity index is 1.69. The average molecular weight is 479 g/mol. The van der Waals surface area contributed by atoms with Gasteiger partial charge in [-0.05, 0) is 48.9 Å². The number of aromatic nitrogens is 3. The van der Waals surface area contributed by atoms with Crippen LogP contribution in [0.25, 0.3) is 38.9 Å². The van der Waals surface area contributed by atoms with Gasteiger partial charge < -0.3 is 10.2 Å². The summed E-state index contributed by atoms with van der Waals surface area (Å²) in [6.45, 7) is 1.94. The number of carbonyl (C=O) groups is 1. The van der Waals surface area contributed by atoms with Crippen molar-refractivity contribution in [3.8, 4) is 16.8 Å². The van der Waals surface area contributed by atoms with Crippen LogP contribution in [0.5, 0.6) is 0 Å². The number of benzene rings is 3. The Hall–Kier alpha value is -4.42. The van der Waals surface area contributed by atoms with E-state index >= 15 is 0 Å². The number of furan rings is 1. The van der Waals surface area contributed by atoms with E-state index in [-0.39, 0.29) is 22.9 Å². The lowest BCUT2D eigenvalue weighted by Crippen LogP contribution is -2.03. The molecule has 0 saturated carbocycles. The molecule has 2 N–H and O–H groups in total. The summed E-state index contributed by atoms with van der Waals surface area (Å²) in [5, 5.41) is 6.77. The van der Waals surface area contributed by atoms with E-state index < -0.39 is 0 Å². The highest BCUT2D eigenvalue weighted by Crippen LogP contribution is 2.42. The van der Waals surface area contributed by atoms with Gasteiger partial charge >= 0.3 is 0 Å². The highest BCUT2D eigenvalue weighted by Gasteiger charge is 2.27. The molecule has 6 rings (SSSR count). The Labute approximate surface area is 205 Å². The van der Waals surface area contributed by atoms with Gasteiger partial charge in [-0.15, -0.1) is 0 Å². The van der Waals surface area contributed by atoms with Gasteiger partial charge in [-0.2, -0.15) is 10.1 Å². The van der Waals surface area contributed by atoms with E-state index in [4.69, 9.17) is 31.8 Å². The first-order valence-corrected chi connectivity index (χ1v) is 11.4. The van der Waals surface area contributed by atoms with Gasteiger partial charge in [-0.1, -0.05) is 60.1 Å². The molecule has 0 saturated heterocycles. The third-order valence-electron chi connectivity index (χ3n) is 6.05. The quantitative estimate of drug-likeness (QED) is 0.288. The molecule has 0 aliphatic carbocycles. The zero-order chi connectivity index (χ0) is 24.1. The second kappa shape index (κ2) is 8.11. The minimum Gasteiger partial charge on any atom is -0.432 e. The number of hydrogen-bond acceptors (Lipinski definition) is 5. The molecule has 0 atom stereocenters. The van der Waals surface area contributed by atoms with Gasteiger partial charge in [-0.25, -0.2) is 4.68 Å². The van der Waals surface area contributed by atoms with E-state index in [1.807, 2.05) is 67.6 Å². The number of fused-ring (bicyclic) bond motifs is 2. The summed E-state index contributed by atoms with van der Waals surface area (Å²) < 4.78 is 7.84. The Bertz CT molecular complexity index is 1720. The standard InChI is InChI=1S/C28H19ClN4O2/c1-16-21-22(17-8-4-2-5-9-17)23-24(30)26(25(34)18-12-14-19(29)15-13-18)35-28(23)31-27(21)33(32-16)20-10-6-3-7-11-20/h2-15H,30H2,1H3. The zero-order valence-corrected chi connectivity index (χ0v) is 19.5. The van der Waals surface area contributed by atoms with Crippen molar-refractivity contribution in [3.05, 3.63) is 107 Å². The Morgan fingerprint density at radius 2 is 1.57 bits per heavy atom. The predicted octanol–water partition coefficient (Wildman–Crippen LogP) is 6.61. The normalized spacial score (nSPS) is 11.4.